The molecule has 2 rings (SSSR count). The van der Waals surface area contributed by atoms with E-state index < -0.39 is 5.60 Å². The van der Waals surface area contributed by atoms with E-state index in [1.165, 1.54) is 0 Å². The Bertz CT molecular complexity index is 587. The standard InChI is InChI=1S/C16H21NO3/c1-11-5-4-6-13(15(11)18)9-17-10-16(3,19)14-8-7-12(2)20-14/h4-8,17-19H,9-10H2,1-3H3. The molecule has 4 heteroatoms. The van der Waals surface area contributed by atoms with Gasteiger partial charge in [-0.1, -0.05) is 18.2 Å². The molecule has 0 radical (unpaired) electrons. The van der Waals surface area contributed by atoms with Crippen molar-refractivity contribution in [3.63, 3.8) is 0 Å². The molecule has 1 aromatic carbocycles. The zero-order valence-corrected chi connectivity index (χ0v) is 12.1. The van der Waals surface area contributed by atoms with Crippen LogP contribution in [0.3, 0.4) is 0 Å². The average Bonchev–Trinajstić information content (AvgIpc) is 2.82. The molecule has 0 aliphatic carbocycles. The summed E-state index contributed by atoms with van der Waals surface area (Å²) in [5.74, 6) is 1.61. The smallest absolute Gasteiger partial charge is 0.136 e. The highest BCUT2D eigenvalue weighted by atomic mass is 16.4. The number of phenolic OH excluding ortho intramolecular Hbond substituents is 1. The number of aryl methyl sites for hydroxylation is 2. The fraction of sp³-hybridized carbons (Fsp3) is 0.375. The Labute approximate surface area is 119 Å². The van der Waals surface area contributed by atoms with Crippen molar-refractivity contribution in [3.05, 3.63) is 53.0 Å². The van der Waals surface area contributed by atoms with E-state index in [9.17, 15) is 10.2 Å². The first-order valence-electron chi connectivity index (χ1n) is 6.67. The van der Waals surface area contributed by atoms with Gasteiger partial charge >= 0.3 is 0 Å². The first-order chi connectivity index (χ1) is 9.40. The van der Waals surface area contributed by atoms with Crippen LogP contribution in [0.1, 0.15) is 29.6 Å². The van der Waals surface area contributed by atoms with Crippen LogP contribution in [0, 0.1) is 13.8 Å². The third kappa shape index (κ3) is 3.21. The molecule has 0 aliphatic heterocycles. The molecule has 0 aliphatic rings. The molecule has 1 atom stereocenters. The molecule has 20 heavy (non-hydrogen) atoms. The fourth-order valence-corrected chi connectivity index (χ4v) is 2.11. The van der Waals surface area contributed by atoms with Crippen molar-refractivity contribution in [2.24, 2.45) is 0 Å². The number of hydrogen-bond acceptors (Lipinski definition) is 4. The monoisotopic (exact) mass is 275 g/mol. The lowest BCUT2D eigenvalue weighted by molar-refractivity contribution is 0.0332. The van der Waals surface area contributed by atoms with E-state index in [2.05, 4.69) is 5.32 Å². The number of nitrogens with one attached hydrogen (secondary N) is 1. The Morgan fingerprint density at radius 2 is 1.95 bits per heavy atom. The summed E-state index contributed by atoms with van der Waals surface area (Å²) >= 11 is 0. The van der Waals surface area contributed by atoms with Gasteiger partial charge in [-0.15, -0.1) is 0 Å². The van der Waals surface area contributed by atoms with Gasteiger partial charge in [0.05, 0.1) is 0 Å². The molecular formula is C16H21NO3. The van der Waals surface area contributed by atoms with Gasteiger partial charge in [-0.3, -0.25) is 0 Å². The number of aliphatic hydroxyl groups is 1. The summed E-state index contributed by atoms with van der Waals surface area (Å²) in [4.78, 5) is 0. The Morgan fingerprint density at radius 3 is 2.60 bits per heavy atom. The van der Waals surface area contributed by atoms with Crippen molar-refractivity contribution in [3.8, 4) is 5.75 Å². The summed E-state index contributed by atoms with van der Waals surface area (Å²) in [6.07, 6.45) is 0. The third-order valence-electron chi connectivity index (χ3n) is 3.38. The highest BCUT2D eigenvalue weighted by Gasteiger charge is 2.26. The first-order valence-corrected chi connectivity index (χ1v) is 6.67. The highest BCUT2D eigenvalue weighted by molar-refractivity contribution is 5.39. The van der Waals surface area contributed by atoms with Gasteiger partial charge < -0.3 is 19.9 Å². The molecule has 1 heterocycles. The lowest BCUT2D eigenvalue weighted by atomic mass is 10.0. The molecule has 0 saturated carbocycles. The Morgan fingerprint density at radius 1 is 1.20 bits per heavy atom. The van der Waals surface area contributed by atoms with Gasteiger partial charge in [0.1, 0.15) is 22.9 Å². The molecule has 1 unspecified atom stereocenters. The molecule has 2 aromatic rings. The van der Waals surface area contributed by atoms with Crippen molar-refractivity contribution in [1.82, 2.24) is 5.32 Å². The quantitative estimate of drug-likeness (QED) is 0.784. The highest BCUT2D eigenvalue weighted by Crippen LogP contribution is 2.23. The maximum atomic E-state index is 10.4. The van der Waals surface area contributed by atoms with E-state index in [1.807, 2.05) is 38.1 Å². The molecule has 0 spiro atoms. The molecule has 0 fully saturated rings. The van der Waals surface area contributed by atoms with Gasteiger partial charge in [0.25, 0.3) is 0 Å². The minimum Gasteiger partial charge on any atom is -0.507 e. The third-order valence-corrected chi connectivity index (χ3v) is 3.38. The second-order valence-electron chi connectivity index (χ2n) is 5.37. The van der Waals surface area contributed by atoms with Gasteiger partial charge in [0.15, 0.2) is 0 Å². The minimum absolute atomic E-state index is 0.300. The largest absolute Gasteiger partial charge is 0.507 e. The number of aromatic hydroxyl groups is 1. The summed E-state index contributed by atoms with van der Waals surface area (Å²) in [6, 6.07) is 9.24. The molecule has 0 bridgehead atoms. The second-order valence-corrected chi connectivity index (χ2v) is 5.37. The molecule has 0 amide bonds. The zero-order chi connectivity index (χ0) is 14.8. The van der Waals surface area contributed by atoms with E-state index in [4.69, 9.17) is 4.42 Å². The van der Waals surface area contributed by atoms with E-state index >= 15 is 0 Å². The van der Waals surface area contributed by atoms with Crippen LogP contribution in [0.15, 0.2) is 34.7 Å². The van der Waals surface area contributed by atoms with E-state index in [1.54, 1.807) is 13.0 Å². The normalized spacial score (nSPS) is 14.2. The zero-order valence-electron chi connectivity index (χ0n) is 12.1. The molecule has 108 valence electrons. The van der Waals surface area contributed by atoms with Crippen LogP contribution in [0.2, 0.25) is 0 Å². The summed E-state index contributed by atoms with van der Waals surface area (Å²) in [5.41, 5.74) is 0.586. The Kier molecular flexibility index (Phi) is 4.16. The predicted octanol–water partition coefficient (Wildman–Crippen LogP) is 2.60. The van der Waals surface area contributed by atoms with Crippen LogP contribution in [0.25, 0.3) is 0 Å². The molecule has 3 N–H and O–H groups in total. The molecular weight excluding hydrogens is 254 g/mol. The van der Waals surface area contributed by atoms with Gasteiger partial charge in [-0.2, -0.15) is 0 Å². The topological polar surface area (TPSA) is 65.6 Å². The molecule has 4 nitrogen and oxygen atoms in total. The SMILES string of the molecule is Cc1ccc(C(C)(O)CNCc2cccc(C)c2O)o1. The van der Waals surface area contributed by atoms with Gasteiger partial charge in [0, 0.05) is 18.7 Å². The van der Waals surface area contributed by atoms with Crippen molar-refractivity contribution < 1.29 is 14.6 Å². The minimum atomic E-state index is -1.08. The summed E-state index contributed by atoms with van der Waals surface area (Å²) in [5, 5.41) is 23.5. The van der Waals surface area contributed by atoms with E-state index in [-0.39, 0.29) is 0 Å². The average molecular weight is 275 g/mol. The van der Waals surface area contributed by atoms with Gasteiger partial charge in [-0.05, 0) is 38.5 Å². The van der Waals surface area contributed by atoms with E-state index in [0.29, 0.717) is 24.6 Å². The van der Waals surface area contributed by atoms with Crippen molar-refractivity contribution in [2.75, 3.05) is 6.54 Å². The maximum absolute atomic E-state index is 10.4. The second kappa shape index (κ2) is 5.69. The number of hydrogen-bond donors (Lipinski definition) is 3. The Balaban J connectivity index is 1.97. The fourth-order valence-electron chi connectivity index (χ4n) is 2.11. The van der Waals surface area contributed by atoms with Crippen molar-refractivity contribution in [2.45, 2.75) is 32.9 Å². The molecule has 1 aromatic heterocycles. The number of rotatable bonds is 5. The van der Waals surface area contributed by atoms with Crippen LogP contribution < -0.4 is 5.32 Å². The van der Waals surface area contributed by atoms with Crippen LogP contribution in [-0.4, -0.2) is 16.8 Å². The van der Waals surface area contributed by atoms with E-state index in [0.717, 1.165) is 16.9 Å². The maximum Gasteiger partial charge on any atom is 0.136 e. The van der Waals surface area contributed by atoms with Crippen LogP contribution in [-0.2, 0) is 12.1 Å². The summed E-state index contributed by atoms with van der Waals surface area (Å²) in [7, 11) is 0. The number of furan rings is 1. The molecule has 0 saturated heterocycles. The summed E-state index contributed by atoms with van der Waals surface area (Å²) in [6.45, 7) is 6.24. The van der Waals surface area contributed by atoms with Gasteiger partial charge in [-0.25, -0.2) is 0 Å². The van der Waals surface area contributed by atoms with Crippen LogP contribution >= 0.6 is 0 Å². The van der Waals surface area contributed by atoms with Crippen molar-refractivity contribution >= 4 is 0 Å². The number of phenols is 1. The van der Waals surface area contributed by atoms with Gasteiger partial charge in [0.2, 0.25) is 0 Å². The lowest BCUT2D eigenvalue weighted by Crippen LogP contribution is -2.34. The number of benzene rings is 1. The van der Waals surface area contributed by atoms with Crippen LogP contribution in [0.5, 0.6) is 5.75 Å². The Hall–Kier alpha value is -1.78. The lowest BCUT2D eigenvalue weighted by Gasteiger charge is -2.21. The van der Waals surface area contributed by atoms with Crippen molar-refractivity contribution in [1.29, 1.82) is 0 Å². The first kappa shape index (κ1) is 14.6. The number of para-hydroxylation sites is 1. The van der Waals surface area contributed by atoms with Crippen LogP contribution in [0.4, 0.5) is 0 Å². The summed E-state index contributed by atoms with van der Waals surface area (Å²) < 4.78 is 5.45. The predicted molar refractivity (Wildman–Crippen MR) is 77.6 cm³/mol.